The number of benzene rings is 1. The highest BCUT2D eigenvalue weighted by Crippen LogP contribution is 2.32. The summed E-state index contributed by atoms with van der Waals surface area (Å²) in [5.74, 6) is -1.07. The predicted molar refractivity (Wildman–Crippen MR) is 88.7 cm³/mol. The van der Waals surface area contributed by atoms with Gasteiger partial charge in [0.1, 0.15) is 16.8 Å². The predicted octanol–water partition coefficient (Wildman–Crippen LogP) is 0.944. The van der Waals surface area contributed by atoms with Crippen LogP contribution in [0.15, 0.2) is 23.1 Å². The zero-order valence-electron chi connectivity index (χ0n) is 13.5. The molecular formula is C15H19ClFN3O4S. The lowest BCUT2D eigenvalue weighted by molar-refractivity contribution is -0.144. The smallest absolute Gasteiger partial charge is 0.324 e. The zero-order chi connectivity index (χ0) is 18.2. The molecule has 0 amide bonds. The van der Waals surface area contributed by atoms with Crippen molar-refractivity contribution in [2.75, 3.05) is 7.11 Å². The fourth-order valence-electron chi connectivity index (χ4n) is 3.50. The van der Waals surface area contributed by atoms with Crippen molar-refractivity contribution in [3.63, 3.8) is 0 Å². The van der Waals surface area contributed by atoms with Crippen LogP contribution < -0.4 is 15.6 Å². The highest BCUT2D eigenvalue weighted by molar-refractivity contribution is 7.89. The van der Waals surface area contributed by atoms with Gasteiger partial charge in [0.05, 0.1) is 12.1 Å². The van der Waals surface area contributed by atoms with Gasteiger partial charge in [0.2, 0.25) is 10.0 Å². The first-order valence-electron chi connectivity index (χ1n) is 7.88. The Hall–Kier alpha value is -1.26. The Morgan fingerprint density at radius 1 is 1.36 bits per heavy atom. The number of hydrogen-bond acceptors (Lipinski definition) is 6. The average molecular weight is 392 g/mol. The summed E-state index contributed by atoms with van der Waals surface area (Å²) in [6.45, 7) is 0. The monoisotopic (exact) mass is 391 g/mol. The number of halogens is 2. The molecule has 25 heavy (non-hydrogen) atoms. The Labute approximate surface area is 150 Å². The van der Waals surface area contributed by atoms with Crippen molar-refractivity contribution in [2.45, 2.75) is 42.3 Å². The zero-order valence-corrected chi connectivity index (χ0v) is 15.0. The SMILES string of the molecule is COC(=O)C1NNC2CCC(NS(=O)(=O)c3ccc(F)cc3Cl)CC21. The maximum atomic E-state index is 13.1. The van der Waals surface area contributed by atoms with Gasteiger partial charge in [0, 0.05) is 18.0 Å². The number of ether oxygens (including phenoxy) is 1. The summed E-state index contributed by atoms with van der Waals surface area (Å²) in [5.41, 5.74) is 5.98. The van der Waals surface area contributed by atoms with Gasteiger partial charge in [-0.05, 0) is 37.5 Å². The van der Waals surface area contributed by atoms with Gasteiger partial charge in [0.15, 0.2) is 0 Å². The molecule has 1 heterocycles. The molecule has 1 saturated heterocycles. The quantitative estimate of drug-likeness (QED) is 0.661. The molecule has 1 aliphatic heterocycles. The number of hydrogen-bond donors (Lipinski definition) is 3. The van der Waals surface area contributed by atoms with Crippen LogP contribution in [0.3, 0.4) is 0 Å². The van der Waals surface area contributed by atoms with Crippen molar-refractivity contribution in [3.05, 3.63) is 29.0 Å². The van der Waals surface area contributed by atoms with Crippen LogP contribution in [0.25, 0.3) is 0 Å². The standard InChI is InChI=1S/C15H19ClFN3O4S/c1-24-15(21)14-10-7-9(3-4-12(10)18-19-14)20-25(22,23)13-5-2-8(17)6-11(13)16/h2,5-6,9-10,12,14,18-20H,3-4,7H2,1H3. The average Bonchev–Trinajstić information content (AvgIpc) is 2.96. The summed E-state index contributed by atoms with van der Waals surface area (Å²) in [4.78, 5) is 11.7. The number of carbonyl (C=O) groups is 1. The molecule has 1 aromatic carbocycles. The van der Waals surface area contributed by atoms with Crippen LogP contribution >= 0.6 is 11.6 Å². The number of methoxy groups -OCH3 is 1. The minimum absolute atomic E-state index is 0.0827. The molecule has 1 saturated carbocycles. The largest absolute Gasteiger partial charge is 0.468 e. The topological polar surface area (TPSA) is 96.5 Å². The van der Waals surface area contributed by atoms with Crippen LogP contribution in [-0.2, 0) is 19.6 Å². The van der Waals surface area contributed by atoms with Crippen molar-refractivity contribution in [1.29, 1.82) is 0 Å². The van der Waals surface area contributed by atoms with Gasteiger partial charge in [-0.1, -0.05) is 11.6 Å². The van der Waals surface area contributed by atoms with E-state index in [1.165, 1.54) is 7.11 Å². The third-order valence-corrected chi connectivity index (χ3v) is 6.72. The lowest BCUT2D eigenvalue weighted by Gasteiger charge is -2.32. The molecule has 4 unspecified atom stereocenters. The Balaban J connectivity index is 1.74. The van der Waals surface area contributed by atoms with Crippen molar-refractivity contribution in [1.82, 2.24) is 15.6 Å². The number of rotatable bonds is 4. The normalized spacial score (nSPS) is 29.2. The molecule has 1 aromatic rings. The molecule has 10 heteroatoms. The van der Waals surface area contributed by atoms with Crippen molar-refractivity contribution in [3.8, 4) is 0 Å². The summed E-state index contributed by atoms with van der Waals surface area (Å²) in [6.07, 6.45) is 1.79. The Bertz CT molecular complexity index is 776. The van der Waals surface area contributed by atoms with Crippen LogP contribution in [0.5, 0.6) is 0 Å². The number of carbonyl (C=O) groups excluding carboxylic acids is 1. The third-order valence-electron chi connectivity index (χ3n) is 4.71. The molecule has 2 fully saturated rings. The molecule has 3 N–H and O–H groups in total. The van der Waals surface area contributed by atoms with Crippen LogP contribution in [0.4, 0.5) is 4.39 Å². The van der Waals surface area contributed by atoms with E-state index in [1.54, 1.807) is 0 Å². The second-order valence-corrected chi connectivity index (χ2v) is 8.36. The molecule has 7 nitrogen and oxygen atoms in total. The Morgan fingerprint density at radius 3 is 2.80 bits per heavy atom. The molecule has 0 aromatic heterocycles. The van der Waals surface area contributed by atoms with Gasteiger partial charge in [-0.15, -0.1) is 0 Å². The number of hydrazine groups is 1. The number of fused-ring (bicyclic) bond motifs is 1. The van der Waals surface area contributed by atoms with Gasteiger partial charge >= 0.3 is 5.97 Å². The fourth-order valence-corrected chi connectivity index (χ4v) is 5.32. The van der Waals surface area contributed by atoms with Crippen molar-refractivity contribution < 1.29 is 22.3 Å². The van der Waals surface area contributed by atoms with E-state index in [4.69, 9.17) is 16.3 Å². The van der Waals surface area contributed by atoms with Gasteiger partial charge in [-0.3, -0.25) is 10.2 Å². The lowest BCUT2D eigenvalue weighted by atomic mass is 9.79. The minimum atomic E-state index is -3.88. The lowest BCUT2D eigenvalue weighted by Crippen LogP contribution is -2.46. The number of nitrogens with one attached hydrogen (secondary N) is 3. The van der Waals surface area contributed by atoms with E-state index in [0.29, 0.717) is 19.3 Å². The molecule has 4 atom stereocenters. The molecule has 0 radical (unpaired) electrons. The maximum Gasteiger partial charge on any atom is 0.324 e. The number of sulfonamides is 1. The summed E-state index contributed by atoms with van der Waals surface area (Å²) in [6, 6.07) is 2.37. The van der Waals surface area contributed by atoms with Crippen LogP contribution in [-0.4, -0.2) is 39.6 Å². The maximum absolute atomic E-state index is 13.1. The second kappa shape index (κ2) is 7.16. The minimum Gasteiger partial charge on any atom is -0.468 e. The highest BCUT2D eigenvalue weighted by Gasteiger charge is 2.44. The van der Waals surface area contributed by atoms with E-state index in [0.717, 1.165) is 18.2 Å². The van der Waals surface area contributed by atoms with Crippen LogP contribution in [0.1, 0.15) is 19.3 Å². The van der Waals surface area contributed by atoms with Gasteiger partial charge in [-0.25, -0.2) is 23.0 Å². The van der Waals surface area contributed by atoms with E-state index in [1.807, 2.05) is 0 Å². The van der Waals surface area contributed by atoms with E-state index in [2.05, 4.69) is 15.6 Å². The summed E-state index contributed by atoms with van der Waals surface area (Å²) >= 11 is 5.86. The molecule has 2 aliphatic rings. The van der Waals surface area contributed by atoms with E-state index in [-0.39, 0.29) is 33.9 Å². The van der Waals surface area contributed by atoms with Gasteiger partial charge in [0.25, 0.3) is 0 Å². The fraction of sp³-hybridized carbons (Fsp3) is 0.533. The van der Waals surface area contributed by atoms with Gasteiger partial charge < -0.3 is 4.74 Å². The second-order valence-electron chi connectivity index (χ2n) is 6.27. The molecule has 1 aliphatic carbocycles. The van der Waals surface area contributed by atoms with E-state index >= 15 is 0 Å². The van der Waals surface area contributed by atoms with Crippen LogP contribution in [0.2, 0.25) is 5.02 Å². The molecule has 138 valence electrons. The highest BCUT2D eigenvalue weighted by atomic mass is 35.5. The van der Waals surface area contributed by atoms with Crippen molar-refractivity contribution >= 4 is 27.6 Å². The molecular weight excluding hydrogens is 373 g/mol. The van der Waals surface area contributed by atoms with E-state index < -0.39 is 21.9 Å². The Morgan fingerprint density at radius 2 is 2.12 bits per heavy atom. The van der Waals surface area contributed by atoms with Crippen LogP contribution in [0, 0.1) is 11.7 Å². The first kappa shape index (κ1) is 18.5. The summed E-state index contributed by atoms with van der Waals surface area (Å²) in [7, 11) is -2.57. The summed E-state index contributed by atoms with van der Waals surface area (Å²) in [5, 5.41) is -0.169. The molecule has 3 rings (SSSR count). The first-order chi connectivity index (χ1) is 11.8. The Kier molecular flexibility index (Phi) is 5.31. The first-order valence-corrected chi connectivity index (χ1v) is 9.74. The molecule has 0 spiro atoms. The third kappa shape index (κ3) is 3.80. The van der Waals surface area contributed by atoms with Gasteiger partial charge in [-0.2, -0.15) is 0 Å². The van der Waals surface area contributed by atoms with E-state index in [9.17, 15) is 17.6 Å². The summed E-state index contributed by atoms with van der Waals surface area (Å²) < 4.78 is 45.6. The van der Waals surface area contributed by atoms with Crippen molar-refractivity contribution in [2.24, 2.45) is 5.92 Å². The molecule has 0 bridgehead atoms. The number of esters is 1.